The predicted octanol–water partition coefficient (Wildman–Crippen LogP) is 3.51. The molecule has 0 saturated carbocycles. The van der Waals surface area contributed by atoms with E-state index in [-0.39, 0.29) is 0 Å². The Morgan fingerprint density at radius 1 is 1.18 bits per heavy atom. The van der Waals surface area contributed by atoms with Crippen molar-refractivity contribution in [3.8, 4) is 6.19 Å². The summed E-state index contributed by atoms with van der Waals surface area (Å²) < 4.78 is 0. The van der Waals surface area contributed by atoms with E-state index in [0.29, 0.717) is 0 Å². The van der Waals surface area contributed by atoms with Crippen molar-refractivity contribution in [1.82, 2.24) is 0 Å². The molecule has 0 aliphatic heterocycles. The lowest BCUT2D eigenvalue weighted by atomic mass is 10.0. The molecule has 0 unspecified atom stereocenters. The molecule has 0 N–H and O–H groups in total. The number of hydrogen-bond acceptors (Lipinski definition) is 2. The Kier molecular flexibility index (Phi) is 3.67. The summed E-state index contributed by atoms with van der Waals surface area (Å²) >= 11 is 0. The first-order valence-corrected chi connectivity index (χ1v) is 5.45. The molecule has 1 aromatic rings. The molecule has 0 bridgehead atoms. The van der Waals surface area contributed by atoms with E-state index in [0.717, 1.165) is 23.3 Å². The van der Waals surface area contributed by atoms with Crippen LogP contribution in [0.4, 0.5) is 0 Å². The van der Waals surface area contributed by atoms with Crippen LogP contribution < -0.4 is 0 Å². The van der Waals surface area contributed by atoms with Crippen LogP contribution in [0.3, 0.4) is 0 Å². The molecule has 1 aliphatic rings. The third-order valence-corrected chi connectivity index (χ3v) is 2.43. The number of hydrogen-bond donors (Lipinski definition) is 0. The second-order valence-corrected chi connectivity index (χ2v) is 3.70. The second-order valence-electron chi connectivity index (χ2n) is 3.70. The van der Waals surface area contributed by atoms with Gasteiger partial charge in [-0.2, -0.15) is 10.3 Å². The molecule has 82 valence electrons. The minimum Gasteiger partial charge on any atom is -0.178 e. The average Bonchev–Trinajstić information content (AvgIpc) is 2.39. The van der Waals surface area contributed by atoms with Crippen molar-refractivity contribution >= 4 is 11.8 Å². The maximum Gasteiger partial charge on any atom is 0.205 e. The molecule has 2 rings (SSSR count). The van der Waals surface area contributed by atoms with Gasteiger partial charge in [-0.1, -0.05) is 54.6 Å². The Morgan fingerprint density at radius 2 is 2.00 bits per heavy atom. The van der Waals surface area contributed by atoms with Crippen LogP contribution in [0.25, 0.3) is 6.08 Å². The van der Waals surface area contributed by atoms with E-state index in [1.54, 1.807) is 0 Å². The maximum atomic E-state index is 8.50. The zero-order chi connectivity index (χ0) is 11.9. The molecule has 1 aromatic carbocycles. The smallest absolute Gasteiger partial charge is 0.178 e. The molecule has 17 heavy (non-hydrogen) atoms. The Hall–Kier alpha value is -2.40. The predicted molar refractivity (Wildman–Crippen MR) is 70.4 cm³/mol. The van der Waals surface area contributed by atoms with Crippen LogP contribution in [-0.2, 0) is 0 Å². The van der Waals surface area contributed by atoms with Gasteiger partial charge in [0.1, 0.15) is 0 Å². The third-order valence-electron chi connectivity index (χ3n) is 2.43. The van der Waals surface area contributed by atoms with Crippen LogP contribution in [0.5, 0.6) is 0 Å². The molecule has 2 heteroatoms. The van der Waals surface area contributed by atoms with E-state index in [1.807, 2.05) is 66.9 Å². The van der Waals surface area contributed by atoms with E-state index in [1.165, 1.54) is 0 Å². The first-order chi connectivity index (χ1) is 8.38. The van der Waals surface area contributed by atoms with Crippen molar-refractivity contribution in [3.63, 3.8) is 0 Å². The van der Waals surface area contributed by atoms with Crippen molar-refractivity contribution in [3.05, 3.63) is 65.8 Å². The van der Waals surface area contributed by atoms with Gasteiger partial charge in [0, 0.05) is 6.42 Å². The van der Waals surface area contributed by atoms with Gasteiger partial charge in [0.15, 0.2) is 0 Å². The SMILES string of the molecule is N#CN=C1C=C(C=Cc2ccccc2)C=CC1. The normalized spacial score (nSPS) is 17.1. The van der Waals surface area contributed by atoms with Crippen LogP contribution >= 0.6 is 0 Å². The quantitative estimate of drug-likeness (QED) is 0.702. The Bertz CT molecular complexity index is 540. The van der Waals surface area contributed by atoms with Gasteiger partial charge in [-0.25, -0.2) is 0 Å². The van der Waals surface area contributed by atoms with Crippen molar-refractivity contribution in [2.75, 3.05) is 0 Å². The van der Waals surface area contributed by atoms with Crippen LogP contribution in [0.2, 0.25) is 0 Å². The van der Waals surface area contributed by atoms with E-state index in [4.69, 9.17) is 5.26 Å². The van der Waals surface area contributed by atoms with Crippen molar-refractivity contribution < 1.29 is 0 Å². The van der Waals surface area contributed by atoms with Gasteiger partial charge >= 0.3 is 0 Å². The molecule has 2 nitrogen and oxygen atoms in total. The molecule has 0 fully saturated rings. The standard InChI is InChI=1S/C15H12N2/c16-12-17-15-8-4-7-14(11-15)10-9-13-5-2-1-3-6-13/h1-7,9-11H,8H2. The summed E-state index contributed by atoms with van der Waals surface area (Å²) in [5.74, 6) is 0. The fourth-order valence-corrected chi connectivity index (χ4v) is 1.62. The number of nitriles is 1. The first-order valence-electron chi connectivity index (χ1n) is 5.45. The highest BCUT2D eigenvalue weighted by atomic mass is 14.7. The molecule has 0 radical (unpaired) electrons. The minimum absolute atomic E-state index is 0.732. The van der Waals surface area contributed by atoms with Gasteiger partial charge in [-0.05, 0) is 17.2 Å². The topological polar surface area (TPSA) is 36.1 Å². The van der Waals surface area contributed by atoms with Crippen LogP contribution in [0, 0.1) is 11.5 Å². The molecule has 0 heterocycles. The van der Waals surface area contributed by atoms with Crippen molar-refractivity contribution in [1.29, 1.82) is 5.26 Å². The highest BCUT2D eigenvalue weighted by Gasteiger charge is 2.00. The highest BCUT2D eigenvalue weighted by molar-refractivity contribution is 5.99. The second kappa shape index (κ2) is 5.62. The maximum absolute atomic E-state index is 8.50. The number of benzene rings is 1. The fraction of sp³-hybridized carbons (Fsp3) is 0.0667. The number of rotatable bonds is 2. The Balaban J connectivity index is 2.15. The largest absolute Gasteiger partial charge is 0.205 e. The van der Waals surface area contributed by atoms with Crippen molar-refractivity contribution in [2.24, 2.45) is 4.99 Å². The van der Waals surface area contributed by atoms with Gasteiger partial charge in [0.05, 0.1) is 5.71 Å². The summed E-state index contributed by atoms with van der Waals surface area (Å²) in [6.45, 7) is 0. The molecule has 1 aliphatic carbocycles. The van der Waals surface area contributed by atoms with Gasteiger partial charge in [-0.3, -0.25) is 0 Å². The summed E-state index contributed by atoms with van der Waals surface area (Å²) in [5.41, 5.74) is 3.03. The summed E-state index contributed by atoms with van der Waals surface area (Å²) in [6.07, 6.45) is 12.6. The van der Waals surface area contributed by atoms with Gasteiger partial charge in [0.25, 0.3) is 0 Å². The number of aliphatic imine (C=N–C) groups is 1. The monoisotopic (exact) mass is 220 g/mol. The van der Waals surface area contributed by atoms with E-state index < -0.39 is 0 Å². The molecular weight excluding hydrogens is 208 g/mol. The van der Waals surface area contributed by atoms with Gasteiger partial charge in [-0.15, -0.1) is 0 Å². The lowest BCUT2D eigenvalue weighted by molar-refractivity contribution is 1.36. The summed E-state index contributed by atoms with van der Waals surface area (Å²) in [4.78, 5) is 3.75. The third kappa shape index (κ3) is 3.29. The number of allylic oxidation sites excluding steroid dienone is 5. The molecular formula is C15H12N2. The summed E-state index contributed by atoms with van der Waals surface area (Å²) in [6, 6.07) is 10.1. The minimum atomic E-state index is 0.732. The van der Waals surface area contributed by atoms with Gasteiger partial charge < -0.3 is 0 Å². The fourth-order valence-electron chi connectivity index (χ4n) is 1.62. The Morgan fingerprint density at radius 3 is 2.76 bits per heavy atom. The highest BCUT2D eigenvalue weighted by Crippen LogP contribution is 2.12. The summed E-state index contributed by atoms with van der Waals surface area (Å²) in [5, 5.41) is 8.50. The van der Waals surface area contributed by atoms with E-state index in [2.05, 4.69) is 4.99 Å². The number of nitrogens with zero attached hydrogens (tertiary/aromatic N) is 2. The van der Waals surface area contributed by atoms with Gasteiger partial charge in [0.2, 0.25) is 6.19 Å². The Labute approximate surface area is 101 Å². The van der Waals surface area contributed by atoms with E-state index in [9.17, 15) is 0 Å². The lowest BCUT2D eigenvalue weighted by Crippen LogP contribution is -1.96. The molecule has 0 spiro atoms. The molecule has 0 atom stereocenters. The van der Waals surface area contributed by atoms with Crippen LogP contribution in [0.1, 0.15) is 12.0 Å². The van der Waals surface area contributed by atoms with Crippen LogP contribution in [-0.4, -0.2) is 5.71 Å². The average molecular weight is 220 g/mol. The molecule has 0 aromatic heterocycles. The molecule has 0 amide bonds. The first kappa shape index (κ1) is 11.1. The zero-order valence-corrected chi connectivity index (χ0v) is 9.38. The zero-order valence-electron chi connectivity index (χ0n) is 9.38. The van der Waals surface area contributed by atoms with E-state index >= 15 is 0 Å². The van der Waals surface area contributed by atoms with Crippen LogP contribution in [0.15, 0.2) is 65.2 Å². The summed E-state index contributed by atoms with van der Waals surface area (Å²) in [7, 11) is 0. The van der Waals surface area contributed by atoms with Crippen molar-refractivity contribution in [2.45, 2.75) is 6.42 Å². The lowest BCUT2D eigenvalue weighted by Gasteiger charge is -2.03. The molecule has 0 saturated heterocycles.